The van der Waals surface area contributed by atoms with E-state index in [-0.39, 0.29) is 30.2 Å². The van der Waals surface area contributed by atoms with Crippen LogP contribution in [0.1, 0.15) is 18.5 Å². The quantitative estimate of drug-likeness (QED) is 0.721. The maximum absolute atomic E-state index is 12.9. The number of primary amides is 1. The van der Waals surface area contributed by atoms with Crippen molar-refractivity contribution in [1.82, 2.24) is 19.8 Å². The largest absolute Gasteiger partial charge is 0.369 e. The average Bonchev–Trinajstić information content (AvgIpc) is 2.60. The number of hydrogen-bond acceptors (Lipinski definition) is 7. The van der Waals surface area contributed by atoms with Gasteiger partial charge in [-0.2, -0.15) is 4.98 Å². The van der Waals surface area contributed by atoms with Crippen molar-refractivity contribution in [2.75, 3.05) is 56.4 Å². The van der Waals surface area contributed by atoms with E-state index in [1.165, 1.54) is 0 Å². The Balaban J connectivity index is 1.55. The van der Waals surface area contributed by atoms with E-state index in [1.807, 2.05) is 22.8 Å². The van der Waals surface area contributed by atoms with E-state index in [4.69, 9.17) is 11.5 Å². The van der Waals surface area contributed by atoms with E-state index in [0.717, 1.165) is 44.0 Å². The zero-order valence-electron chi connectivity index (χ0n) is 15.2. The summed E-state index contributed by atoms with van der Waals surface area (Å²) in [6.07, 6.45) is 1.79. The first-order valence-electron chi connectivity index (χ1n) is 9.08. The molecule has 3 heterocycles. The lowest BCUT2D eigenvalue weighted by Gasteiger charge is -2.39. The van der Waals surface area contributed by atoms with Crippen molar-refractivity contribution >= 4 is 23.6 Å². The Labute approximate surface area is 153 Å². The molecule has 1 aromatic heterocycles. The van der Waals surface area contributed by atoms with Crippen LogP contribution in [0.25, 0.3) is 0 Å². The van der Waals surface area contributed by atoms with E-state index in [9.17, 15) is 9.59 Å². The van der Waals surface area contributed by atoms with Crippen molar-refractivity contribution in [1.29, 1.82) is 0 Å². The van der Waals surface area contributed by atoms with Gasteiger partial charge in [-0.05, 0) is 26.3 Å². The number of piperazine rings is 1. The molecule has 4 N–H and O–H groups in total. The maximum atomic E-state index is 12.9. The van der Waals surface area contributed by atoms with Gasteiger partial charge in [-0.15, -0.1) is 0 Å². The van der Waals surface area contributed by atoms with Crippen LogP contribution in [-0.2, 0) is 9.59 Å². The summed E-state index contributed by atoms with van der Waals surface area (Å²) in [6, 6.07) is 1.91. The smallest absolute Gasteiger partial charge is 0.231 e. The monoisotopic (exact) mass is 361 g/mol. The number of anilines is 2. The van der Waals surface area contributed by atoms with Crippen LogP contribution >= 0.6 is 0 Å². The molecule has 2 aliphatic heterocycles. The summed E-state index contributed by atoms with van der Waals surface area (Å²) in [5.41, 5.74) is 11.9. The van der Waals surface area contributed by atoms with E-state index in [1.54, 1.807) is 0 Å². The lowest BCUT2D eigenvalue weighted by Crippen LogP contribution is -2.53. The van der Waals surface area contributed by atoms with E-state index in [2.05, 4.69) is 14.9 Å². The average molecular weight is 361 g/mol. The highest BCUT2D eigenvalue weighted by molar-refractivity contribution is 5.80. The lowest BCUT2D eigenvalue weighted by molar-refractivity contribution is -0.138. The number of aryl methyl sites for hydroxylation is 1. The fraction of sp³-hybridized carbons (Fsp3) is 0.647. The van der Waals surface area contributed by atoms with Gasteiger partial charge in [0, 0.05) is 44.5 Å². The number of nitrogens with two attached hydrogens (primary N) is 2. The highest BCUT2D eigenvalue weighted by Crippen LogP contribution is 2.21. The zero-order valence-corrected chi connectivity index (χ0v) is 15.2. The summed E-state index contributed by atoms with van der Waals surface area (Å²) >= 11 is 0. The molecule has 0 radical (unpaired) electrons. The Morgan fingerprint density at radius 2 is 1.92 bits per heavy atom. The lowest BCUT2D eigenvalue weighted by atomic mass is 9.96. The van der Waals surface area contributed by atoms with Crippen molar-refractivity contribution < 1.29 is 9.59 Å². The molecular formula is C17H27N7O2. The topological polar surface area (TPSA) is 122 Å². The van der Waals surface area contributed by atoms with Gasteiger partial charge in [0.25, 0.3) is 0 Å². The molecule has 9 heteroatoms. The first-order valence-corrected chi connectivity index (χ1v) is 9.08. The summed E-state index contributed by atoms with van der Waals surface area (Å²) in [5, 5.41) is 0. The number of hydrogen-bond donors (Lipinski definition) is 2. The Kier molecular flexibility index (Phi) is 5.55. The van der Waals surface area contributed by atoms with Gasteiger partial charge in [-0.25, -0.2) is 4.98 Å². The number of rotatable bonds is 4. The van der Waals surface area contributed by atoms with Crippen molar-refractivity contribution in [3.05, 3.63) is 11.8 Å². The van der Waals surface area contributed by atoms with Gasteiger partial charge < -0.3 is 21.3 Å². The SMILES string of the molecule is Cc1cc(N2CCN(C(=O)[C@H]3CCCN(CC(N)=O)C3)CC2)nc(N)n1. The first-order chi connectivity index (χ1) is 12.4. The van der Waals surface area contributed by atoms with Crippen LogP contribution in [0.5, 0.6) is 0 Å². The van der Waals surface area contributed by atoms with Crippen LogP contribution in [0.15, 0.2) is 6.07 Å². The number of nitrogen functional groups attached to an aromatic ring is 1. The number of carbonyl (C=O) groups is 2. The molecule has 26 heavy (non-hydrogen) atoms. The third kappa shape index (κ3) is 4.40. The van der Waals surface area contributed by atoms with Gasteiger partial charge in [-0.1, -0.05) is 0 Å². The molecule has 0 spiro atoms. The van der Waals surface area contributed by atoms with Crippen LogP contribution in [-0.4, -0.2) is 77.4 Å². The van der Waals surface area contributed by atoms with Crippen molar-refractivity contribution in [2.45, 2.75) is 19.8 Å². The van der Waals surface area contributed by atoms with Crippen LogP contribution in [0, 0.1) is 12.8 Å². The molecule has 2 amide bonds. The van der Waals surface area contributed by atoms with Gasteiger partial charge >= 0.3 is 0 Å². The first kappa shape index (κ1) is 18.4. The fourth-order valence-electron chi connectivity index (χ4n) is 3.77. The van der Waals surface area contributed by atoms with Gasteiger partial charge in [0.15, 0.2) is 0 Å². The Bertz CT molecular complexity index is 653. The van der Waals surface area contributed by atoms with Crippen LogP contribution < -0.4 is 16.4 Å². The molecule has 0 aromatic carbocycles. The normalized spacial score (nSPS) is 21.7. The fourth-order valence-corrected chi connectivity index (χ4v) is 3.77. The van der Waals surface area contributed by atoms with Crippen molar-refractivity contribution in [3.8, 4) is 0 Å². The van der Waals surface area contributed by atoms with Crippen LogP contribution in [0.3, 0.4) is 0 Å². The summed E-state index contributed by atoms with van der Waals surface area (Å²) < 4.78 is 0. The summed E-state index contributed by atoms with van der Waals surface area (Å²) in [6.45, 7) is 6.33. The van der Waals surface area contributed by atoms with Gasteiger partial charge in [0.2, 0.25) is 17.8 Å². The summed E-state index contributed by atoms with van der Waals surface area (Å²) in [5.74, 6) is 0.873. The predicted octanol–water partition coefficient (Wildman–Crippen LogP) is -0.787. The second-order valence-electron chi connectivity index (χ2n) is 7.08. The standard InChI is InChI=1S/C17H27N7O2/c1-12-9-15(21-17(19)20-12)23-5-7-24(8-6-23)16(26)13-3-2-4-22(10-13)11-14(18)25/h9,13H,2-8,10-11H2,1H3,(H2,18,25)(H2,19,20,21)/t13-/m0/s1. The van der Waals surface area contributed by atoms with Crippen LogP contribution in [0.4, 0.5) is 11.8 Å². The van der Waals surface area contributed by atoms with Crippen molar-refractivity contribution in [3.63, 3.8) is 0 Å². The molecule has 0 saturated carbocycles. The minimum atomic E-state index is -0.342. The second-order valence-corrected chi connectivity index (χ2v) is 7.08. The van der Waals surface area contributed by atoms with Gasteiger partial charge in [0.1, 0.15) is 5.82 Å². The highest BCUT2D eigenvalue weighted by Gasteiger charge is 2.31. The number of carbonyl (C=O) groups excluding carboxylic acids is 2. The van der Waals surface area contributed by atoms with E-state index < -0.39 is 0 Å². The Morgan fingerprint density at radius 1 is 1.19 bits per heavy atom. The molecule has 1 atom stereocenters. The second kappa shape index (κ2) is 7.86. The molecule has 0 aliphatic carbocycles. The third-order valence-corrected chi connectivity index (χ3v) is 5.01. The molecule has 0 unspecified atom stereocenters. The number of amides is 2. The molecule has 3 rings (SSSR count). The van der Waals surface area contributed by atoms with Crippen LogP contribution in [0.2, 0.25) is 0 Å². The van der Waals surface area contributed by atoms with E-state index in [0.29, 0.717) is 19.6 Å². The van der Waals surface area contributed by atoms with E-state index >= 15 is 0 Å². The summed E-state index contributed by atoms with van der Waals surface area (Å²) in [4.78, 5) is 38.4. The molecule has 142 valence electrons. The number of piperidine rings is 1. The third-order valence-electron chi connectivity index (χ3n) is 5.01. The number of aromatic nitrogens is 2. The predicted molar refractivity (Wildman–Crippen MR) is 98.3 cm³/mol. The highest BCUT2D eigenvalue weighted by atomic mass is 16.2. The number of nitrogens with zero attached hydrogens (tertiary/aromatic N) is 5. The zero-order chi connectivity index (χ0) is 18.7. The minimum Gasteiger partial charge on any atom is -0.369 e. The van der Waals surface area contributed by atoms with Crippen molar-refractivity contribution in [2.24, 2.45) is 11.7 Å². The molecule has 2 aliphatic rings. The molecular weight excluding hydrogens is 334 g/mol. The molecule has 9 nitrogen and oxygen atoms in total. The summed E-state index contributed by atoms with van der Waals surface area (Å²) in [7, 11) is 0. The molecule has 0 bridgehead atoms. The van der Waals surface area contributed by atoms with Gasteiger partial charge in [-0.3, -0.25) is 14.5 Å². The number of likely N-dealkylation sites (tertiary alicyclic amines) is 1. The van der Waals surface area contributed by atoms with Gasteiger partial charge in [0.05, 0.1) is 12.5 Å². The maximum Gasteiger partial charge on any atom is 0.231 e. The molecule has 2 fully saturated rings. The molecule has 1 aromatic rings. The molecule has 2 saturated heterocycles. The Hall–Kier alpha value is -2.42. The Morgan fingerprint density at radius 3 is 2.58 bits per heavy atom. The minimum absolute atomic E-state index is 0.0495.